The van der Waals surface area contributed by atoms with Crippen LogP contribution < -0.4 is 18.9 Å². The van der Waals surface area contributed by atoms with Crippen LogP contribution in [0.25, 0.3) is 0 Å². The zero-order valence-electron chi connectivity index (χ0n) is 72.9. The quantitative estimate of drug-likeness (QED) is 0.0112. The SMILES string of the molecule is CC[C@@H](CC[C@@H]1[C@H]2Cc3cccc(OCC(=O)O)c3C[C@H]2C[C@H]1O)OC(=O)C(C)O.CC[C@@H](CC[C@@H]1[C@H]2Cc3cccc(OCC(=O)O)c3C[C@H]2C[C@H]1O)OC(=O)COCCO.CC[C@@H](CC[C@@H]1[C@H]2Cc3cccc(OCC(=O)O)c3C[C@H]2C[C@H]1O)OC(=O)OCCO.CC[C@@H](CC[C@@H]1[C@H]2Cc3cccc(OCC(=O)O)c3C[C@H]2C[C@H]1O)OC(=O)OCCOC. The number of fused-ring (bicyclic) bond motifs is 8. The summed E-state index contributed by atoms with van der Waals surface area (Å²) >= 11 is 0. The van der Waals surface area contributed by atoms with Crippen molar-refractivity contribution in [2.75, 3.05) is 79.8 Å². The van der Waals surface area contributed by atoms with E-state index in [-0.39, 0.29) is 114 Å². The van der Waals surface area contributed by atoms with Gasteiger partial charge in [-0.3, -0.25) is 0 Å². The fourth-order valence-electron chi connectivity index (χ4n) is 20.6. The van der Waals surface area contributed by atoms with Crippen molar-refractivity contribution in [3.63, 3.8) is 0 Å². The number of esters is 2. The van der Waals surface area contributed by atoms with E-state index in [0.29, 0.717) is 148 Å². The highest BCUT2D eigenvalue weighted by Gasteiger charge is 2.50. The molecule has 4 aromatic rings. The van der Waals surface area contributed by atoms with E-state index >= 15 is 0 Å². The van der Waals surface area contributed by atoms with Crippen LogP contribution in [0.5, 0.6) is 23.0 Å². The Labute approximate surface area is 731 Å². The van der Waals surface area contributed by atoms with Crippen molar-refractivity contribution in [2.24, 2.45) is 71.0 Å². The molecule has 0 saturated heterocycles. The Bertz CT molecular complexity index is 3980. The summed E-state index contributed by atoms with van der Waals surface area (Å²) in [7, 11) is 1.54. The number of rotatable bonds is 42. The topological polar surface area (TPSA) is 470 Å². The van der Waals surface area contributed by atoms with Crippen LogP contribution in [-0.2, 0) is 118 Å². The Morgan fingerprint density at radius 2 is 0.664 bits per heavy atom. The normalized spacial score (nSPS) is 25.5. The van der Waals surface area contributed by atoms with E-state index < -0.39 is 78.6 Å². The molecule has 12 rings (SSSR count). The summed E-state index contributed by atoms with van der Waals surface area (Å²) in [5.74, 6) is 0.644. The van der Waals surface area contributed by atoms with Gasteiger partial charge in [0.2, 0.25) is 0 Å². The summed E-state index contributed by atoms with van der Waals surface area (Å²) in [6, 6.07) is 23.0. The van der Waals surface area contributed by atoms with Crippen LogP contribution in [0.15, 0.2) is 72.8 Å². The summed E-state index contributed by atoms with van der Waals surface area (Å²) in [4.78, 5) is 90.6. The highest BCUT2D eigenvalue weighted by atomic mass is 16.7. The molecule has 0 radical (unpaired) electrons. The van der Waals surface area contributed by atoms with Gasteiger partial charge in [0.05, 0.1) is 50.8 Å². The third-order valence-electron chi connectivity index (χ3n) is 26.6. The second-order valence-electron chi connectivity index (χ2n) is 34.5. The number of aliphatic hydroxyl groups excluding tert-OH is 7. The van der Waals surface area contributed by atoms with Crippen molar-refractivity contribution >= 4 is 48.1 Å². The smallest absolute Gasteiger partial charge is 0.482 e. The number of hydrogen-bond donors (Lipinski definition) is 11. The summed E-state index contributed by atoms with van der Waals surface area (Å²) in [5, 5.41) is 106. The van der Waals surface area contributed by atoms with Gasteiger partial charge in [-0.2, -0.15) is 0 Å². The van der Waals surface area contributed by atoms with Gasteiger partial charge in [-0.15, -0.1) is 0 Å². The molecular formula is C94H132O31. The van der Waals surface area contributed by atoms with E-state index in [2.05, 4.69) is 24.3 Å². The van der Waals surface area contributed by atoms with E-state index in [4.69, 9.17) is 87.5 Å². The molecule has 8 aliphatic carbocycles. The molecule has 31 nitrogen and oxygen atoms in total. The Balaban J connectivity index is 0.000000189. The van der Waals surface area contributed by atoms with Gasteiger partial charge in [0.15, 0.2) is 26.4 Å². The number of carbonyl (C=O) groups excluding carboxylic acids is 4. The maximum Gasteiger partial charge on any atom is 0.508 e. The molecule has 11 N–H and O–H groups in total. The number of aliphatic carboxylic acids is 4. The molecule has 1 unspecified atom stereocenters. The van der Waals surface area contributed by atoms with Crippen LogP contribution in [0, 0.1) is 71.0 Å². The molecule has 0 heterocycles. The fraction of sp³-hybridized carbons (Fsp3) is 0.660. The second-order valence-corrected chi connectivity index (χ2v) is 34.5. The molecule has 0 aromatic heterocycles. The molecule has 0 spiro atoms. The van der Waals surface area contributed by atoms with Gasteiger partial charge in [-0.25, -0.2) is 38.4 Å². The van der Waals surface area contributed by atoms with Crippen LogP contribution in [0.1, 0.15) is 182 Å². The number of carboxylic acid groups (broad SMARTS) is 4. The lowest BCUT2D eigenvalue weighted by molar-refractivity contribution is -0.159. The summed E-state index contributed by atoms with van der Waals surface area (Å²) in [6.45, 7) is 7.73. The molecule has 125 heavy (non-hydrogen) atoms. The first-order valence-electron chi connectivity index (χ1n) is 44.6. The summed E-state index contributed by atoms with van der Waals surface area (Å²) < 4.78 is 63.3. The number of benzene rings is 4. The van der Waals surface area contributed by atoms with Gasteiger partial charge in [0.25, 0.3) is 0 Å². The number of carbonyl (C=O) groups is 8. The minimum absolute atomic E-state index is 0.0854. The van der Waals surface area contributed by atoms with E-state index in [9.17, 15) is 63.9 Å². The van der Waals surface area contributed by atoms with E-state index in [1.54, 1.807) is 0 Å². The molecule has 0 bridgehead atoms. The standard InChI is InChI=1S/2C24H34O8.C23H32O8.C23H32O7/c1-3-17(32-24(28)30-10-9-29-2)7-8-18-19-11-15-5-4-6-22(31-14-23(26)27)20(15)12-16(19)13-21(18)25;1-2-17(32-24(29)14-30-9-8-25)6-7-18-19-10-15-4-3-5-22(31-13-23(27)28)20(15)11-16(19)12-21(18)26;1-2-16(31-23(28)29-9-8-24)6-7-17-18-10-14-4-3-5-21(30-13-22(26)27)19(14)11-15(18)12-20(17)25;1-3-16(30-23(28)13(2)24)7-8-17-18-9-14-5-4-6-21(29-12-22(26)27)19(14)10-15(18)11-20(17)25/h4-6,16-19,21,25H,3,7-14H2,1-2H3,(H,26,27);3-5,16-19,21,25-26H,2,6-14H2,1H3,(H,27,28);3-5,15-18,20,24-25H,2,6-13H2,1H3,(H,26,27);4-6,13,15-18,20,24-25H,3,7-12H2,1-2H3,(H,26,27)/t2*16-,17-,18+,19-,21+;15-,16-,17+,18-,20+;13?,15-,16-,17+,18-,20+/m0000/s1. The maximum atomic E-state index is 11.9. The third kappa shape index (κ3) is 29.0. The summed E-state index contributed by atoms with van der Waals surface area (Å²) in [6.07, 6.45) is 12.5. The average molecular weight is 1760 g/mol. The lowest BCUT2D eigenvalue weighted by atomic mass is 9.73. The number of methoxy groups -OCH3 is 1. The minimum Gasteiger partial charge on any atom is -0.482 e. The molecule has 0 aliphatic heterocycles. The van der Waals surface area contributed by atoms with Crippen molar-refractivity contribution < 1.29 is 151 Å². The maximum absolute atomic E-state index is 11.9. The molecule has 4 aromatic carbocycles. The molecule has 31 heteroatoms. The van der Waals surface area contributed by atoms with Gasteiger partial charge in [-0.05, 0) is 301 Å². The Morgan fingerprint density at radius 1 is 0.376 bits per heavy atom. The average Bonchev–Trinajstić information content (AvgIpc) is 1.67. The zero-order valence-corrected chi connectivity index (χ0v) is 72.9. The monoisotopic (exact) mass is 1760 g/mol. The van der Waals surface area contributed by atoms with Gasteiger partial charge in [0.1, 0.15) is 73.3 Å². The first kappa shape index (κ1) is 99.9. The van der Waals surface area contributed by atoms with Crippen molar-refractivity contribution in [1.29, 1.82) is 0 Å². The number of hydrogen-bond acceptors (Lipinski definition) is 27. The van der Waals surface area contributed by atoms with Gasteiger partial charge < -0.3 is 113 Å². The molecule has 8 aliphatic rings. The van der Waals surface area contributed by atoms with Crippen molar-refractivity contribution in [2.45, 2.75) is 244 Å². The first-order valence-corrected chi connectivity index (χ1v) is 44.6. The van der Waals surface area contributed by atoms with Crippen molar-refractivity contribution in [3.05, 3.63) is 117 Å². The lowest BCUT2D eigenvalue weighted by Gasteiger charge is -2.32. The minimum atomic E-state index is -1.13. The van der Waals surface area contributed by atoms with Crippen LogP contribution in [0.3, 0.4) is 0 Å². The Kier molecular flexibility index (Phi) is 39.9. The van der Waals surface area contributed by atoms with Gasteiger partial charge >= 0.3 is 48.1 Å². The molecule has 694 valence electrons. The first-order chi connectivity index (χ1) is 60.1. The van der Waals surface area contributed by atoms with E-state index in [0.717, 1.165) is 122 Å². The fourth-order valence-corrected chi connectivity index (χ4v) is 20.6. The van der Waals surface area contributed by atoms with Crippen LogP contribution >= 0.6 is 0 Å². The van der Waals surface area contributed by atoms with Crippen LogP contribution in [-0.4, -0.2) is 239 Å². The lowest BCUT2D eigenvalue weighted by Crippen LogP contribution is -2.30. The largest absolute Gasteiger partial charge is 0.508 e. The third-order valence-corrected chi connectivity index (χ3v) is 26.6. The highest BCUT2D eigenvalue weighted by Crippen LogP contribution is 2.53. The second kappa shape index (κ2) is 50.0. The van der Waals surface area contributed by atoms with Crippen molar-refractivity contribution in [1.82, 2.24) is 0 Å². The van der Waals surface area contributed by atoms with Gasteiger partial charge in [-0.1, -0.05) is 76.2 Å². The van der Waals surface area contributed by atoms with E-state index in [1.807, 2.05) is 76.2 Å². The van der Waals surface area contributed by atoms with Crippen LogP contribution in [0.4, 0.5) is 9.59 Å². The molecule has 0 amide bonds. The summed E-state index contributed by atoms with van der Waals surface area (Å²) in [5.41, 5.74) is 8.88. The van der Waals surface area contributed by atoms with E-state index in [1.165, 1.54) is 19.6 Å². The zero-order chi connectivity index (χ0) is 90.4. The molecule has 21 atom stereocenters. The Hall–Kier alpha value is -8.92. The van der Waals surface area contributed by atoms with Gasteiger partial charge in [0, 0.05) is 7.11 Å². The molecular weight excluding hydrogens is 1630 g/mol. The molecule has 4 fully saturated rings. The number of ether oxygens (including phenoxy) is 12. The van der Waals surface area contributed by atoms with Crippen molar-refractivity contribution in [3.8, 4) is 23.0 Å². The predicted molar refractivity (Wildman–Crippen MR) is 451 cm³/mol. The highest BCUT2D eigenvalue weighted by molar-refractivity contribution is 5.74. The Morgan fingerprint density at radius 3 is 0.936 bits per heavy atom. The van der Waals surface area contributed by atoms with Crippen LogP contribution in [0.2, 0.25) is 0 Å². The number of carboxylic acids is 4. The number of aliphatic hydroxyl groups is 7. The predicted octanol–water partition coefficient (Wildman–Crippen LogP) is 10.1. The molecule has 4 saturated carbocycles.